The lowest BCUT2D eigenvalue weighted by Gasteiger charge is -2.20. The molecule has 2 aromatic carbocycles. The Kier molecular flexibility index (Phi) is 6.98. The van der Waals surface area contributed by atoms with Gasteiger partial charge in [0.25, 0.3) is 20.2 Å². The van der Waals surface area contributed by atoms with Gasteiger partial charge in [0.05, 0.1) is 9.79 Å². The molecule has 12 heteroatoms. The highest BCUT2D eigenvalue weighted by molar-refractivity contribution is 7.87. The van der Waals surface area contributed by atoms with E-state index in [1.165, 1.54) is 24.3 Å². The molecule has 2 rings (SSSR count). The van der Waals surface area contributed by atoms with E-state index in [0.29, 0.717) is 11.1 Å². The van der Waals surface area contributed by atoms with Gasteiger partial charge in [0.1, 0.15) is 0 Å². The van der Waals surface area contributed by atoms with Crippen molar-refractivity contribution >= 4 is 32.2 Å². The quantitative estimate of drug-likeness (QED) is 0.524. The van der Waals surface area contributed by atoms with Crippen LogP contribution in [0.2, 0.25) is 0 Å². The molecule has 0 bridgehead atoms. The summed E-state index contributed by atoms with van der Waals surface area (Å²) in [6.07, 6.45) is -5.34. The summed E-state index contributed by atoms with van der Waals surface area (Å²) in [6.45, 7) is 3.36. The maximum absolute atomic E-state index is 12.4. The fourth-order valence-electron chi connectivity index (χ4n) is 2.24. The Morgan fingerprint density at radius 1 is 0.667 bits per heavy atom. The molecule has 162 valence electrons. The van der Waals surface area contributed by atoms with Crippen molar-refractivity contribution in [3.63, 3.8) is 0 Å². The van der Waals surface area contributed by atoms with Gasteiger partial charge in [-0.3, -0.25) is 0 Å². The van der Waals surface area contributed by atoms with Crippen molar-refractivity contribution in [3.05, 3.63) is 59.7 Å². The molecule has 0 fully saturated rings. The summed E-state index contributed by atoms with van der Waals surface area (Å²) in [5.41, 5.74) is 1.42. The van der Waals surface area contributed by atoms with Crippen molar-refractivity contribution in [1.82, 2.24) is 0 Å². The first-order valence-electron chi connectivity index (χ1n) is 8.29. The number of hydrogen-bond acceptors (Lipinski definition) is 8. The van der Waals surface area contributed by atoms with Crippen molar-refractivity contribution in [2.45, 2.75) is 35.8 Å². The fraction of sp³-hybridized carbons (Fsp3) is 0.222. The maximum atomic E-state index is 12.4. The summed E-state index contributed by atoms with van der Waals surface area (Å²) in [7, 11) is -9.49. The molecule has 0 aliphatic heterocycles. The predicted octanol–water partition coefficient (Wildman–Crippen LogP) is 1.32. The summed E-state index contributed by atoms with van der Waals surface area (Å²) in [5.74, 6) is -4.09. The number of carbonyl (C=O) groups is 2. The van der Waals surface area contributed by atoms with Crippen LogP contribution in [0.1, 0.15) is 11.1 Å². The van der Waals surface area contributed by atoms with Gasteiger partial charge in [-0.1, -0.05) is 35.4 Å². The van der Waals surface area contributed by atoms with E-state index >= 15 is 0 Å². The maximum Gasteiger partial charge on any atom is 0.337 e. The van der Waals surface area contributed by atoms with E-state index in [0.717, 1.165) is 24.3 Å². The second-order valence-corrected chi connectivity index (χ2v) is 9.39. The van der Waals surface area contributed by atoms with Crippen molar-refractivity contribution < 1.29 is 45.0 Å². The first kappa shape index (κ1) is 23.5. The monoisotopic (exact) mass is 458 g/mol. The number of carboxylic acids is 2. The normalized spacial score (nSPS) is 14.1. The molecular weight excluding hydrogens is 440 g/mol. The number of hydrogen-bond donors (Lipinski definition) is 2. The highest BCUT2D eigenvalue weighted by Crippen LogP contribution is 2.22. The first-order valence-corrected chi connectivity index (χ1v) is 11.1. The average Bonchev–Trinajstić information content (AvgIpc) is 2.65. The molecule has 0 heterocycles. The van der Waals surface area contributed by atoms with E-state index in [1.54, 1.807) is 13.8 Å². The van der Waals surface area contributed by atoms with Crippen molar-refractivity contribution in [1.29, 1.82) is 0 Å². The number of rotatable bonds is 9. The summed E-state index contributed by atoms with van der Waals surface area (Å²) in [6, 6.07) is 10.2. The minimum Gasteiger partial charge on any atom is -0.479 e. The zero-order chi connectivity index (χ0) is 22.7. The fourth-order valence-corrected chi connectivity index (χ4v) is 4.31. The van der Waals surface area contributed by atoms with Gasteiger partial charge in [-0.15, -0.1) is 0 Å². The zero-order valence-electron chi connectivity index (χ0n) is 15.8. The van der Waals surface area contributed by atoms with Gasteiger partial charge in [0.15, 0.2) is 0 Å². The molecule has 10 nitrogen and oxygen atoms in total. The molecule has 0 unspecified atom stereocenters. The van der Waals surface area contributed by atoms with Crippen LogP contribution in [-0.4, -0.2) is 51.2 Å². The molecule has 2 atom stereocenters. The van der Waals surface area contributed by atoms with E-state index in [9.17, 15) is 36.6 Å². The van der Waals surface area contributed by atoms with Gasteiger partial charge in [-0.2, -0.15) is 16.8 Å². The molecule has 0 saturated carbocycles. The van der Waals surface area contributed by atoms with Crippen LogP contribution in [0, 0.1) is 13.8 Å². The van der Waals surface area contributed by atoms with Gasteiger partial charge < -0.3 is 10.2 Å². The second-order valence-electron chi connectivity index (χ2n) is 6.24. The van der Waals surface area contributed by atoms with E-state index in [2.05, 4.69) is 8.37 Å². The van der Waals surface area contributed by atoms with Crippen LogP contribution in [0.15, 0.2) is 58.3 Å². The third kappa shape index (κ3) is 5.63. The Bertz CT molecular complexity index is 1040. The molecule has 0 aromatic heterocycles. The van der Waals surface area contributed by atoms with Gasteiger partial charge in [-0.25, -0.2) is 18.0 Å². The third-order valence-electron chi connectivity index (χ3n) is 3.84. The van der Waals surface area contributed by atoms with Crippen LogP contribution in [0.5, 0.6) is 0 Å². The number of benzene rings is 2. The molecule has 0 aliphatic carbocycles. The lowest BCUT2D eigenvalue weighted by Crippen LogP contribution is -2.45. The number of carboxylic acid groups (broad SMARTS) is 2. The van der Waals surface area contributed by atoms with E-state index in [4.69, 9.17) is 0 Å². The SMILES string of the molecule is Cc1ccc(S(=O)(=O)O[C@@H](C(=O)O)[C@@H](OS(=O)(=O)c2ccc(C)cc2)C(=O)O)cc1. The Morgan fingerprint density at radius 2 is 0.933 bits per heavy atom. The Labute approximate surface area is 172 Å². The molecule has 30 heavy (non-hydrogen) atoms. The Hall–Kier alpha value is -2.80. The highest BCUT2D eigenvalue weighted by Gasteiger charge is 2.43. The highest BCUT2D eigenvalue weighted by atomic mass is 32.2. The lowest BCUT2D eigenvalue weighted by atomic mass is 10.2. The molecule has 2 aromatic rings. The minimum absolute atomic E-state index is 0.440. The standard InChI is InChI=1S/C18H18O10S2/c1-11-3-7-13(8-4-11)29(23,24)27-15(17(19)20)16(18(21)22)28-30(25,26)14-9-5-12(2)6-10-14/h3-10,15-16H,1-2H3,(H,19,20)(H,21,22)/t15-,16-/m1/s1. The van der Waals surface area contributed by atoms with Crippen molar-refractivity contribution in [3.8, 4) is 0 Å². The molecule has 0 amide bonds. The van der Waals surface area contributed by atoms with E-state index in [1.807, 2.05) is 0 Å². The van der Waals surface area contributed by atoms with Gasteiger partial charge >= 0.3 is 11.9 Å². The van der Waals surface area contributed by atoms with Crippen LogP contribution < -0.4 is 0 Å². The molecule has 0 saturated heterocycles. The van der Waals surface area contributed by atoms with Crippen LogP contribution in [0.4, 0.5) is 0 Å². The molecule has 0 aliphatic rings. The Morgan fingerprint density at radius 3 is 1.17 bits per heavy atom. The number of aryl methyl sites for hydroxylation is 2. The summed E-state index contributed by atoms with van der Waals surface area (Å²) >= 11 is 0. The molecular formula is C18H18O10S2. The molecule has 2 N–H and O–H groups in total. The van der Waals surface area contributed by atoms with Crippen LogP contribution in [-0.2, 0) is 38.2 Å². The Balaban J connectivity index is 2.38. The summed E-state index contributed by atoms with van der Waals surface area (Å²) < 4.78 is 58.6. The van der Waals surface area contributed by atoms with Crippen molar-refractivity contribution in [2.75, 3.05) is 0 Å². The molecule has 0 spiro atoms. The van der Waals surface area contributed by atoms with Crippen molar-refractivity contribution in [2.24, 2.45) is 0 Å². The largest absolute Gasteiger partial charge is 0.479 e. The van der Waals surface area contributed by atoms with Crippen LogP contribution >= 0.6 is 0 Å². The lowest BCUT2D eigenvalue weighted by molar-refractivity contribution is -0.161. The van der Waals surface area contributed by atoms with E-state index in [-0.39, 0.29) is 0 Å². The van der Waals surface area contributed by atoms with Gasteiger partial charge in [0, 0.05) is 0 Å². The van der Waals surface area contributed by atoms with Crippen LogP contribution in [0.25, 0.3) is 0 Å². The van der Waals surface area contributed by atoms with E-state index < -0.39 is 54.2 Å². The molecule has 0 radical (unpaired) electrons. The average molecular weight is 458 g/mol. The number of aliphatic carboxylic acids is 2. The topological polar surface area (TPSA) is 161 Å². The smallest absolute Gasteiger partial charge is 0.337 e. The second kappa shape index (κ2) is 8.92. The predicted molar refractivity (Wildman–Crippen MR) is 102 cm³/mol. The van der Waals surface area contributed by atoms with Gasteiger partial charge in [-0.05, 0) is 38.1 Å². The van der Waals surface area contributed by atoms with Crippen LogP contribution in [0.3, 0.4) is 0 Å². The first-order chi connectivity index (χ1) is 13.8. The zero-order valence-corrected chi connectivity index (χ0v) is 17.4. The third-order valence-corrected chi connectivity index (χ3v) is 6.46. The summed E-state index contributed by atoms with van der Waals surface area (Å²) in [4.78, 5) is 22.2. The summed E-state index contributed by atoms with van der Waals surface area (Å²) in [5, 5.41) is 18.6. The van der Waals surface area contributed by atoms with Gasteiger partial charge in [0.2, 0.25) is 12.2 Å². The minimum atomic E-state index is -4.74.